The molecule has 5 heteroatoms. The van der Waals surface area contributed by atoms with Gasteiger partial charge in [-0.1, -0.05) is 12.8 Å². The van der Waals surface area contributed by atoms with Gasteiger partial charge >= 0.3 is 0 Å². The second-order valence-electron chi connectivity index (χ2n) is 6.71. The molecule has 1 heterocycles. The largest absolute Gasteiger partial charge is 0.360 e. The fourth-order valence-corrected chi connectivity index (χ4v) is 3.62. The van der Waals surface area contributed by atoms with Crippen molar-refractivity contribution in [2.75, 3.05) is 18.4 Å². The predicted octanol–water partition coefficient (Wildman–Crippen LogP) is 3.47. The molecule has 0 unspecified atom stereocenters. The number of benzene rings is 1. The standard InChI is InChI=1S/C19H25N3O2/c1-14(23)20-17-10-8-16(9-11-17)19(24)21-18(15-6-2-3-7-15)22-12-4-5-13-22/h8-11,15H,2-7,12-13H2,1H3,(H,20,23). The second-order valence-corrected chi connectivity index (χ2v) is 6.71. The first-order valence-electron chi connectivity index (χ1n) is 8.89. The van der Waals surface area contributed by atoms with Crippen LogP contribution in [0, 0.1) is 5.92 Å². The van der Waals surface area contributed by atoms with E-state index in [1.807, 2.05) is 0 Å². The molecule has 0 bridgehead atoms. The Morgan fingerprint density at radius 3 is 2.25 bits per heavy atom. The van der Waals surface area contributed by atoms with Crippen LogP contribution in [0.3, 0.4) is 0 Å². The topological polar surface area (TPSA) is 61.8 Å². The van der Waals surface area contributed by atoms with E-state index >= 15 is 0 Å². The Balaban J connectivity index is 1.77. The molecule has 1 aromatic carbocycles. The van der Waals surface area contributed by atoms with Gasteiger partial charge in [0.25, 0.3) is 5.91 Å². The number of carbonyl (C=O) groups excluding carboxylic acids is 2. The number of aliphatic imine (C=N–C) groups is 1. The number of anilines is 1. The van der Waals surface area contributed by atoms with Crippen LogP contribution in [0.4, 0.5) is 5.69 Å². The van der Waals surface area contributed by atoms with Crippen LogP contribution in [0.15, 0.2) is 29.3 Å². The Morgan fingerprint density at radius 1 is 1.04 bits per heavy atom. The molecule has 0 spiro atoms. The molecule has 2 aliphatic rings. The van der Waals surface area contributed by atoms with Gasteiger partial charge < -0.3 is 10.2 Å². The van der Waals surface area contributed by atoms with Gasteiger partial charge in [-0.3, -0.25) is 9.59 Å². The lowest BCUT2D eigenvalue weighted by molar-refractivity contribution is -0.114. The molecule has 128 valence electrons. The highest BCUT2D eigenvalue weighted by Gasteiger charge is 2.28. The molecule has 1 aliphatic heterocycles. The third-order valence-electron chi connectivity index (χ3n) is 4.82. The summed E-state index contributed by atoms with van der Waals surface area (Å²) in [6, 6.07) is 6.95. The Hall–Kier alpha value is -2.17. The minimum absolute atomic E-state index is 0.121. The van der Waals surface area contributed by atoms with E-state index < -0.39 is 0 Å². The zero-order chi connectivity index (χ0) is 16.9. The summed E-state index contributed by atoms with van der Waals surface area (Å²) in [6.45, 7) is 3.50. The molecular weight excluding hydrogens is 302 g/mol. The smallest absolute Gasteiger partial charge is 0.278 e. The third kappa shape index (κ3) is 4.02. The Labute approximate surface area is 143 Å². The molecular formula is C19H25N3O2. The summed E-state index contributed by atoms with van der Waals surface area (Å²) in [6.07, 6.45) is 7.12. The highest BCUT2D eigenvalue weighted by Crippen LogP contribution is 2.29. The lowest BCUT2D eigenvalue weighted by Crippen LogP contribution is -2.33. The van der Waals surface area contributed by atoms with Crippen molar-refractivity contribution < 1.29 is 9.59 Å². The SMILES string of the molecule is CC(=O)Nc1ccc(C(=O)N=C(C2CCCC2)N2CCCC2)cc1. The summed E-state index contributed by atoms with van der Waals surface area (Å²) in [5.41, 5.74) is 1.26. The molecule has 0 radical (unpaired) electrons. The summed E-state index contributed by atoms with van der Waals surface area (Å²) < 4.78 is 0. The van der Waals surface area contributed by atoms with Crippen molar-refractivity contribution in [3.63, 3.8) is 0 Å². The van der Waals surface area contributed by atoms with Crippen LogP contribution in [0.2, 0.25) is 0 Å². The Morgan fingerprint density at radius 2 is 1.67 bits per heavy atom. The van der Waals surface area contributed by atoms with Crippen molar-refractivity contribution in [2.24, 2.45) is 10.9 Å². The maximum absolute atomic E-state index is 12.6. The monoisotopic (exact) mass is 327 g/mol. The zero-order valence-corrected chi connectivity index (χ0v) is 14.3. The average molecular weight is 327 g/mol. The van der Waals surface area contributed by atoms with E-state index in [4.69, 9.17) is 0 Å². The van der Waals surface area contributed by atoms with Gasteiger partial charge in [0, 0.05) is 37.2 Å². The van der Waals surface area contributed by atoms with E-state index in [1.165, 1.54) is 32.6 Å². The number of rotatable bonds is 3. The maximum atomic E-state index is 12.6. The molecule has 3 rings (SSSR count). The first-order chi connectivity index (χ1) is 11.6. The zero-order valence-electron chi connectivity index (χ0n) is 14.3. The maximum Gasteiger partial charge on any atom is 0.278 e. The van der Waals surface area contributed by atoms with Gasteiger partial charge in [-0.25, -0.2) is 0 Å². The summed E-state index contributed by atoms with van der Waals surface area (Å²) in [4.78, 5) is 30.5. The minimum Gasteiger partial charge on any atom is -0.360 e. The second kappa shape index (κ2) is 7.60. The first-order valence-corrected chi connectivity index (χ1v) is 8.89. The normalized spacial score (nSPS) is 18.9. The molecule has 0 aromatic heterocycles. The number of carbonyl (C=O) groups is 2. The van der Waals surface area contributed by atoms with E-state index in [2.05, 4.69) is 15.2 Å². The molecule has 2 amide bonds. The summed E-state index contributed by atoms with van der Waals surface area (Å²) in [7, 11) is 0. The summed E-state index contributed by atoms with van der Waals surface area (Å²) in [5, 5.41) is 2.71. The van der Waals surface area contributed by atoms with Crippen LogP contribution in [0.1, 0.15) is 55.8 Å². The van der Waals surface area contributed by atoms with Crippen LogP contribution >= 0.6 is 0 Å². The van der Waals surface area contributed by atoms with Crippen LogP contribution in [0.25, 0.3) is 0 Å². The van der Waals surface area contributed by atoms with Gasteiger partial charge in [-0.2, -0.15) is 4.99 Å². The van der Waals surface area contributed by atoms with Crippen LogP contribution < -0.4 is 5.32 Å². The quantitative estimate of drug-likeness (QED) is 0.683. The molecule has 1 saturated carbocycles. The Kier molecular flexibility index (Phi) is 5.28. The van der Waals surface area contributed by atoms with E-state index in [9.17, 15) is 9.59 Å². The van der Waals surface area contributed by atoms with Crippen molar-refractivity contribution >= 4 is 23.3 Å². The number of amidine groups is 1. The molecule has 24 heavy (non-hydrogen) atoms. The number of hydrogen-bond acceptors (Lipinski definition) is 2. The molecule has 1 aromatic rings. The third-order valence-corrected chi connectivity index (χ3v) is 4.82. The van der Waals surface area contributed by atoms with Crippen molar-refractivity contribution in [3.05, 3.63) is 29.8 Å². The van der Waals surface area contributed by atoms with E-state index in [-0.39, 0.29) is 11.8 Å². The van der Waals surface area contributed by atoms with Crippen LogP contribution in [-0.4, -0.2) is 35.6 Å². The van der Waals surface area contributed by atoms with Gasteiger partial charge in [0.15, 0.2) is 0 Å². The van der Waals surface area contributed by atoms with Crippen molar-refractivity contribution in [1.29, 1.82) is 0 Å². The van der Waals surface area contributed by atoms with Gasteiger partial charge in [0.1, 0.15) is 5.84 Å². The highest BCUT2D eigenvalue weighted by molar-refractivity contribution is 6.04. The number of nitrogens with zero attached hydrogens (tertiary/aromatic N) is 2. The molecule has 0 atom stereocenters. The van der Waals surface area contributed by atoms with Crippen LogP contribution in [-0.2, 0) is 4.79 Å². The van der Waals surface area contributed by atoms with E-state index in [0.29, 0.717) is 17.2 Å². The fourth-order valence-electron chi connectivity index (χ4n) is 3.62. The van der Waals surface area contributed by atoms with Gasteiger partial charge in [0.2, 0.25) is 5.91 Å². The average Bonchev–Trinajstić information content (AvgIpc) is 3.26. The number of amides is 2. The van der Waals surface area contributed by atoms with Crippen molar-refractivity contribution in [2.45, 2.75) is 45.4 Å². The minimum atomic E-state index is -0.182. The number of nitrogens with one attached hydrogen (secondary N) is 1. The molecule has 1 aliphatic carbocycles. The lowest BCUT2D eigenvalue weighted by atomic mass is 10.1. The van der Waals surface area contributed by atoms with E-state index in [1.54, 1.807) is 24.3 Å². The predicted molar refractivity (Wildman–Crippen MR) is 95.3 cm³/mol. The molecule has 1 N–H and O–H groups in total. The lowest BCUT2D eigenvalue weighted by Gasteiger charge is -2.24. The van der Waals surface area contributed by atoms with Gasteiger partial charge in [-0.05, 0) is 49.9 Å². The number of likely N-dealkylation sites (tertiary alicyclic amines) is 1. The molecule has 5 nitrogen and oxygen atoms in total. The highest BCUT2D eigenvalue weighted by atomic mass is 16.2. The number of hydrogen-bond donors (Lipinski definition) is 1. The summed E-state index contributed by atoms with van der Waals surface area (Å²) in [5.74, 6) is 1.13. The first kappa shape index (κ1) is 16.7. The summed E-state index contributed by atoms with van der Waals surface area (Å²) >= 11 is 0. The van der Waals surface area contributed by atoms with Crippen LogP contribution in [0.5, 0.6) is 0 Å². The van der Waals surface area contributed by atoms with Crippen molar-refractivity contribution in [1.82, 2.24) is 4.90 Å². The van der Waals surface area contributed by atoms with Gasteiger partial charge in [0.05, 0.1) is 0 Å². The molecule has 2 fully saturated rings. The van der Waals surface area contributed by atoms with Crippen molar-refractivity contribution in [3.8, 4) is 0 Å². The Bertz CT molecular complexity index is 607. The van der Waals surface area contributed by atoms with E-state index in [0.717, 1.165) is 31.8 Å². The molecule has 1 saturated heterocycles. The van der Waals surface area contributed by atoms with Gasteiger partial charge in [-0.15, -0.1) is 0 Å². The fraction of sp³-hybridized carbons (Fsp3) is 0.526.